The normalized spacial score (nSPS) is 18.3. The maximum absolute atomic E-state index is 12.2. The van der Waals surface area contributed by atoms with Gasteiger partial charge in [-0.05, 0) is 31.5 Å². The molecule has 0 aromatic heterocycles. The van der Waals surface area contributed by atoms with Crippen molar-refractivity contribution < 1.29 is 14.7 Å². The Morgan fingerprint density at radius 1 is 1.42 bits per heavy atom. The van der Waals surface area contributed by atoms with Crippen LogP contribution in [-0.4, -0.2) is 36.6 Å². The van der Waals surface area contributed by atoms with E-state index in [0.29, 0.717) is 12.1 Å². The Labute approximate surface area is 112 Å². The van der Waals surface area contributed by atoms with Gasteiger partial charge in [0.15, 0.2) is 0 Å². The standard InChI is InChI=1S/C14H18N2O3/c1-16(13(17)9-10-5-4-8-15-10)12-7-3-2-6-11(12)14(18)19/h2-3,6-7,10,15H,4-5,8-9H2,1H3,(H,18,19). The molecule has 1 aliphatic heterocycles. The Hall–Kier alpha value is -1.88. The highest BCUT2D eigenvalue weighted by Crippen LogP contribution is 2.21. The van der Waals surface area contributed by atoms with E-state index < -0.39 is 5.97 Å². The summed E-state index contributed by atoms with van der Waals surface area (Å²) in [6.45, 7) is 0.952. The van der Waals surface area contributed by atoms with Crippen LogP contribution >= 0.6 is 0 Å². The zero-order valence-corrected chi connectivity index (χ0v) is 10.9. The molecular weight excluding hydrogens is 244 g/mol. The van der Waals surface area contributed by atoms with Gasteiger partial charge in [0.05, 0.1) is 11.3 Å². The molecule has 1 unspecified atom stereocenters. The fraction of sp³-hybridized carbons (Fsp3) is 0.429. The quantitative estimate of drug-likeness (QED) is 0.862. The first kappa shape index (κ1) is 13.5. The SMILES string of the molecule is CN(C(=O)CC1CCCN1)c1ccccc1C(=O)O. The molecule has 5 nitrogen and oxygen atoms in total. The number of amides is 1. The van der Waals surface area contributed by atoms with E-state index in [4.69, 9.17) is 5.11 Å². The van der Waals surface area contributed by atoms with Crippen LogP contribution in [0.1, 0.15) is 29.6 Å². The van der Waals surface area contributed by atoms with E-state index in [0.717, 1.165) is 19.4 Å². The summed E-state index contributed by atoms with van der Waals surface area (Å²) in [5.74, 6) is -1.08. The summed E-state index contributed by atoms with van der Waals surface area (Å²) in [6, 6.07) is 6.77. The Balaban J connectivity index is 2.12. The third-order valence-electron chi connectivity index (χ3n) is 3.45. The van der Waals surface area contributed by atoms with Gasteiger partial charge >= 0.3 is 5.97 Å². The Bertz CT molecular complexity index is 481. The lowest BCUT2D eigenvalue weighted by Gasteiger charge is -2.21. The number of hydrogen-bond donors (Lipinski definition) is 2. The van der Waals surface area contributed by atoms with Gasteiger partial charge in [-0.1, -0.05) is 12.1 Å². The molecule has 1 fully saturated rings. The van der Waals surface area contributed by atoms with Crippen LogP contribution in [-0.2, 0) is 4.79 Å². The molecule has 0 saturated carbocycles. The monoisotopic (exact) mass is 262 g/mol. The van der Waals surface area contributed by atoms with Crippen molar-refractivity contribution in [1.82, 2.24) is 5.32 Å². The molecule has 0 spiro atoms. The lowest BCUT2D eigenvalue weighted by atomic mass is 10.1. The summed E-state index contributed by atoms with van der Waals surface area (Å²) < 4.78 is 0. The van der Waals surface area contributed by atoms with Crippen molar-refractivity contribution in [2.24, 2.45) is 0 Å². The molecule has 1 aliphatic rings. The summed E-state index contributed by atoms with van der Waals surface area (Å²) in [5, 5.41) is 12.4. The topological polar surface area (TPSA) is 69.6 Å². The molecule has 1 aromatic rings. The number of carbonyl (C=O) groups excluding carboxylic acids is 1. The molecule has 102 valence electrons. The van der Waals surface area contributed by atoms with Gasteiger partial charge in [-0.25, -0.2) is 4.79 Å². The van der Waals surface area contributed by atoms with Crippen molar-refractivity contribution in [2.75, 3.05) is 18.5 Å². The van der Waals surface area contributed by atoms with Gasteiger partial charge in [-0.15, -0.1) is 0 Å². The zero-order valence-electron chi connectivity index (χ0n) is 10.9. The molecule has 0 aliphatic carbocycles. The number of nitrogens with zero attached hydrogens (tertiary/aromatic N) is 1. The van der Waals surface area contributed by atoms with Gasteiger partial charge in [0.2, 0.25) is 5.91 Å². The lowest BCUT2D eigenvalue weighted by molar-refractivity contribution is -0.118. The van der Waals surface area contributed by atoms with Crippen LogP contribution in [0.5, 0.6) is 0 Å². The first-order valence-electron chi connectivity index (χ1n) is 6.42. The lowest BCUT2D eigenvalue weighted by Crippen LogP contribution is -2.34. The minimum absolute atomic E-state index is 0.0619. The molecule has 1 atom stereocenters. The molecule has 1 aromatic carbocycles. The first-order chi connectivity index (χ1) is 9.09. The number of carbonyl (C=O) groups is 2. The molecule has 19 heavy (non-hydrogen) atoms. The summed E-state index contributed by atoms with van der Waals surface area (Å²) >= 11 is 0. The largest absolute Gasteiger partial charge is 0.478 e. The van der Waals surface area contributed by atoms with E-state index in [9.17, 15) is 9.59 Å². The summed E-state index contributed by atoms with van der Waals surface area (Å²) in [6.07, 6.45) is 2.50. The second-order valence-corrected chi connectivity index (χ2v) is 4.77. The second kappa shape index (κ2) is 5.84. The second-order valence-electron chi connectivity index (χ2n) is 4.77. The van der Waals surface area contributed by atoms with Crippen LogP contribution in [0.25, 0.3) is 0 Å². The number of carboxylic acid groups (broad SMARTS) is 1. The number of benzene rings is 1. The highest BCUT2D eigenvalue weighted by Gasteiger charge is 2.22. The predicted molar refractivity (Wildman–Crippen MR) is 72.5 cm³/mol. The summed E-state index contributed by atoms with van der Waals surface area (Å²) in [4.78, 5) is 24.7. The van der Waals surface area contributed by atoms with Gasteiger partial charge in [-0.3, -0.25) is 4.79 Å². The van der Waals surface area contributed by atoms with E-state index in [2.05, 4.69) is 5.32 Å². The van der Waals surface area contributed by atoms with Gasteiger partial charge in [0.25, 0.3) is 0 Å². The van der Waals surface area contributed by atoms with E-state index in [-0.39, 0.29) is 17.5 Å². The van der Waals surface area contributed by atoms with Gasteiger partial charge in [-0.2, -0.15) is 0 Å². The van der Waals surface area contributed by atoms with Crippen molar-refractivity contribution >= 4 is 17.6 Å². The predicted octanol–water partition coefficient (Wildman–Crippen LogP) is 1.49. The van der Waals surface area contributed by atoms with Crippen molar-refractivity contribution in [2.45, 2.75) is 25.3 Å². The maximum Gasteiger partial charge on any atom is 0.337 e. The molecular formula is C14H18N2O3. The van der Waals surface area contributed by atoms with E-state index in [1.807, 2.05) is 0 Å². The first-order valence-corrected chi connectivity index (χ1v) is 6.42. The highest BCUT2D eigenvalue weighted by atomic mass is 16.4. The highest BCUT2D eigenvalue weighted by molar-refractivity contribution is 6.01. The molecule has 1 amide bonds. The van der Waals surface area contributed by atoms with Crippen LogP contribution in [0.2, 0.25) is 0 Å². The van der Waals surface area contributed by atoms with Gasteiger partial charge in [0, 0.05) is 19.5 Å². The average molecular weight is 262 g/mol. The molecule has 5 heteroatoms. The van der Waals surface area contributed by atoms with Crippen LogP contribution in [0.4, 0.5) is 5.69 Å². The molecule has 2 rings (SSSR count). The minimum Gasteiger partial charge on any atom is -0.478 e. The number of anilines is 1. The van der Waals surface area contributed by atoms with Crippen LogP contribution < -0.4 is 10.2 Å². The number of hydrogen-bond acceptors (Lipinski definition) is 3. The van der Waals surface area contributed by atoms with Crippen LogP contribution in [0, 0.1) is 0 Å². The smallest absolute Gasteiger partial charge is 0.337 e. The molecule has 1 saturated heterocycles. The minimum atomic E-state index is -1.02. The molecule has 0 radical (unpaired) electrons. The average Bonchev–Trinajstić information content (AvgIpc) is 2.90. The van der Waals surface area contributed by atoms with Gasteiger partial charge in [0.1, 0.15) is 0 Å². The number of aromatic carboxylic acids is 1. The molecule has 1 heterocycles. The number of rotatable bonds is 4. The van der Waals surface area contributed by atoms with E-state index >= 15 is 0 Å². The molecule has 0 bridgehead atoms. The van der Waals surface area contributed by atoms with Crippen molar-refractivity contribution in [3.05, 3.63) is 29.8 Å². The summed E-state index contributed by atoms with van der Waals surface area (Å²) in [7, 11) is 1.62. The van der Waals surface area contributed by atoms with Crippen molar-refractivity contribution in [3.63, 3.8) is 0 Å². The van der Waals surface area contributed by atoms with E-state index in [1.54, 1.807) is 25.2 Å². The fourth-order valence-electron chi connectivity index (χ4n) is 2.36. The Kier molecular flexibility index (Phi) is 4.16. The zero-order chi connectivity index (χ0) is 13.8. The third kappa shape index (κ3) is 3.12. The number of carboxylic acids is 1. The molecule has 2 N–H and O–H groups in total. The van der Waals surface area contributed by atoms with Crippen LogP contribution in [0.15, 0.2) is 24.3 Å². The Morgan fingerprint density at radius 2 is 2.16 bits per heavy atom. The van der Waals surface area contributed by atoms with Crippen molar-refractivity contribution in [3.8, 4) is 0 Å². The van der Waals surface area contributed by atoms with Crippen LogP contribution in [0.3, 0.4) is 0 Å². The van der Waals surface area contributed by atoms with E-state index in [1.165, 1.54) is 11.0 Å². The fourth-order valence-corrected chi connectivity index (χ4v) is 2.36. The Morgan fingerprint density at radius 3 is 2.79 bits per heavy atom. The third-order valence-corrected chi connectivity index (χ3v) is 3.45. The van der Waals surface area contributed by atoms with Gasteiger partial charge < -0.3 is 15.3 Å². The number of para-hydroxylation sites is 1. The van der Waals surface area contributed by atoms with Crippen molar-refractivity contribution in [1.29, 1.82) is 0 Å². The summed E-state index contributed by atoms with van der Waals surface area (Å²) in [5.41, 5.74) is 0.593. The number of nitrogens with one attached hydrogen (secondary N) is 1. The maximum atomic E-state index is 12.2.